The standard InChI is InChI=1S/C11H23NS/c1-6-7-10(13)12-9(2)8-11(3,4)5/h9H,6-8H2,1-5H3,(H,12,13). The lowest BCUT2D eigenvalue weighted by molar-refractivity contribution is 0.337. The van der Waals surface area contributed by atoms with E-state index in [0.717, 1.165) is 24.3 Å². The highest BCUT2D eigenvalue weighted by molar-refractivity contribution is 7.80. The Hall–Kier alpha value is -0.110. The van der Waals surface area contributed by atoms with Gasteiger partial charge in [-0.3, -0.25) is 0 Å². The van der Waals surface area contributed by atoms with E-state index in [1.165, 1.54) is 0 Å². The van der Waals surface area contributed by atoms with Gasteiger partial charge in [0.25, 0.3) is 0 Å². The van der Waals surface area contributed by atoms with Crippen LogP contribution in [0.25, 0.3) is 0 Å². The molecule has 1 N–H and O–H groups in total. The molecule has 0 radical (unpaired) electrons. The quantitative estimate of drug-likeness (QED) is 0.698. The van der Waals surface area contributed by atoms with Crippen LogP contribution in [-0.2, 0) is 0 Å². The Morgan fingerprint density at radius 2 is 1.92 bits per heavy atom. The van der Waals surface area contributed by atoms with Crippen molar-refractivity contribution in [2.75, 3.05) is 0 Å². The van der Waals surface area contributed by atoms with Crippen molar-refractivity contribution in [1.29, 1.82) is 0 Å². The average molecular weight is 201 g/mol. The van der Waals surface area contributed by atoms with Gasteiger partial charge in [0.2, 0.25) is 0 Å². The molecule has 0 aliphatic rings. The number of hydrogen-bond acceptors (Lipinski definition) is 1. The zero-order valence-corrected chi connectivity index (χ0v) is 10.4. The zero-order chi connectivity index (χ0) is 10.5. The molecule has 0 amide bonds. The maximum Gasteiger partial charge on any atom is 0.0755 e. The van der Waals surface area contributed by atoms with E-state index in [-0.39, 0.29) is 0 Å². The van der Waals surface area contributed by atoms with Gasteiger partial charge in [0, 0.05) is 6.04 Å². The van der Waals surface area contributed by atoms with Gasteiger partial charge >= 0.3 is 0 Å². The van der Waals surface area contributed by atoms with E-state index in [1.807, 2.05) is 0 Å². The summed E-state index contributed by atoms with van der Waals surface area (Å²) < 4.78 is 0. The molecule has 0 aliphatic heterocycles. The smallest absolute Gasteiger partial charge is 0.0755 e. The molecule has 1 nitrogen and oxygen atoms in total. The lowest BCUT2D eigenvalue weighted by Gasteiger charge is -2.24. The summed E-state index contributed by atoms with van der Waals surface area (Å²) in [5.41, 5.74) is 0.383. The Labute approximate surface area is 88.3 Å². The molecule has 0 aromatic rings. The minimum Gasteiger partial charge on any atom is -0.377 e. The molecular weight excluding hydrogens is 178 g/mol. The fraction of sp³-hybridized carbons (Fsp3) is 0.909. The fourth-order valence-corrected chi connectivity index (χ4v) is 1.95. The summed E-state index contributed by atoms with van der Waals surface area (Å²) in [6.45, 7) is 11.1. The van der Waals surface area contributed by atoms with Gasteiger partial charge in [-0.2, -0.15) is 0 Å². The van der Waals surface area contributed by atoms with Crippen molar-refractivity contribution in [3.05, 3.63) is 0 Å². The second kappa shape index (κ2) is 5.58. The fourth-order valence-electron chi connectivity index (χ4n) is 1.54. The Morgan fingerprint density at radius 1 is 1.38 bits per heavy atom. The molecule has 0 saturated carbocycles. The zero-order valence-electron chi connectivity index (χ0n) is 9.61. The molecule has 0 aromatic carbocycles. The van der Waals surface area contributed by atoms with Crippen molar-refractivity contribution in [1.82, 2.24) is 5.32 Å². The van der Waals surface area contributed by atoms with E-state index in [9.17, 15) is 0 Å². The summed E-state index contributed by atoms with van der Waals surface area (Å²) in [5, 5.41) is 3.37. The second-order valence-electron chi connectivity index (χ2n) is 4.98. The normalized spacial score (nSPS) is 13.9. The Bertz CT molecular complexity index is 158. The summed E-state index contributed by atoms with van der Waals surface area (Å²) >= 11 is 5.21. The van der Waals surface area contributed by atoms with Crippen molar-refractivity contribution in [3.8, 4) is 0 Å². The third-order valence-corrected chi connectivity index (χ3v) is 2.12. The third-order valence-electron chi connectivity index (χ3n) is 1.80. The predicted octanol–water partition coefficient (Wildman–Crippen LogP) is 3.53. The summed E-state index contributed by atoms with van der Waals surface area (Å²) in [6.07, 6.45) is 3.31. The van der Waals surface area contributed by atoms with Crippen molar-refractivity contribution in [2.45, 2.75) is 59.9 Å². The van der Waals surface area contributed by atoms with E-state index in [2.05, 4.69) is 39.9 Å². The van der Waals surface area contributed by atoms with Crippen molar-refractivity contribution < 1.29 is 0 Å². The molecule has 0 heterocycles. The molecule has 0 aliphatic carbocycles. The van der Waals surface area contributed by atoms with Gasteiger partial charge in [0.05, 0.1) is 4.99 Å². The van der Waals surface area contributed by atoms with Crippen molar-refractivity contribution in [2.24, 2.45) is 5.41 Å². The topological polar surface area (TPSA) is 12.0 Å². The minimum absolute atomic E-state index is 0.383. The first kappa shape index (κ1) is 12.9. The van der Waals surface area contributed by atoms with Crippen LogP contribution < -0.4 is 5.32 Å². The van der Waals surface area contributed by atoms with Gasteiger partial charge in [0.1, 0.15) is 0 Å². The lowest BCUT2D eigenvalue weighted by atomic mass is 9.89. The summed E-state index contributed by atoms with van der Waals surface area (Å²) in [4.78, 5) is 1.01. The molecule has 2 heteroatoms. The number of hydrogen-bond donors (Lipinski definition) is 1. The van der Waals surface area contributed by atoms with Crippen LogP contribution in [0.3, 0.4) is 0 Å². The van der Waals surface area contributed by atoms with Crippen LogP contribution in [0.5, 0.6) is 0 Å². The van der Waals surface area contributed by atoms with E-state index in [4.69, 9.17) is 12.2 Å². The molecule has 1 atom stereocenters. The average Bonchev–Trinajstić information content (AvgIpc) is 1.81. The maximum absolute atomic E-state index is 5.21. The molecule has 13 heavy (non-hydrogen) atoms. The molecule has 0 bridgehead atoms. The summed E-state index contributed by atoms with van der Waals surface area (Å²) in [6, 6.07) is 0.499. The number of rotatable bonds is 4. The monoisotopic (exact) mass is 201 g/mol. The molecule has 0 aromatic heterocycles. The molecule has 0 fully saturated rings. The van der Waals surface area contributed by atoms with Crippen molar-refractivity contribution >= 4 is 17.2 Å². The van der Waals surface area contributed by atoms with Gasteiger partial charge in [-0.25, -0.2) is 0 Å². The SMILES string of the molecule is CCCC(=S)NC(C)CC(C)(C)C. The molecular formula is C11H23NS. The first-order valence-corrected chi connectivity index (χ1v) is 5.55. The van der Waals surface area contributed by atoms with Gasteiger partial charge in [-0.05, 0) is 31.6 Å². The summed E-state index contributed by atoms with van der Waals surface area (Å²) in [7, 11) is 0. The first-order chi connectivity index (χ1) is 5.85. The highest BCUT2D eigenvalue weighted by Gasteiger charge is 2.15. The van der Waals surface area contributed by atoms with Crippen LogP contribution in [0.15, 0.2) is 0 Å². The highest BCUT2D eigenvalue weighted by Crippen LogP contribution is 2.20. The molecule has 0 saturated heterocycles. The third kappa shape index (κ3) is 8.23. The summed E-state index contributed by atoms with van der Waals surface area (Å²) in [5.74, 6) is 0. The van der Waals surface area contributed by atoms with Crippen LogP contribution >= 0.6 is 12.2 Å². The highest BCUT2D eigenvalue weighted by atomic mass is 32.1. The van der Waals surface area contributed by atoms with E-state index in [1.54, 1.807) is 0 Å². The Kier molecular flexibility index (Phi) is 5.54. The van der Waals surface area contributed by atoms with E-state index >= 15 is 0 Å². The van der Waals surface area contributed by atoms with Gasteiger partial charge in [-0.15, -0.1) is 0 Å². The minimum atomic E-state index is 0.383. The number of thiocarbonyl (C=S) groups is 1. The van der Waals surface area contributed by atoms with Crippen LogP contribution in [0.2, 0.25) is 0 Å². The van der Waals surface area contributed by atoms with E-state index in [0.29, 0.717) is 11.5 Å². The predicted molar refractivity (Wildman–Crippen MR) is 64.2 cm³/mol. The molecule has 0 rings (SSSR count). The van der Waals surface area contributed by atoms with Crippen LogP contribution in [0, 0.1) is 5.41 Å². The van der Waals surface area contributed by atoms with Gasteiger partial charge < -0.3 is 5.32 Å². The Balaban J connectivity index is 3.74. The van der Waals surface area contributed by atoms with Gasteiger partial charge in [-0.1, -0.05) is 39.9 Å². The maximum atomic E-state index is 5.21. The van der Waals surface area contributed by atoms with Crippen LogP contribution in [0.1, 0.15) is 53.9 Å². The van der Waals surface area contributed by atoms with Crippen LogP contribution in [0.4, 0.5) is 0 Å². The van der Waals surface area contributed by atoms with E-state index < -0.39 is 0 Å². The largest absolute Gasteiger partial charge is 0.377 e. The Morgan fingerprint density at radius 3 is 2.31 bits per heavy atom. The number of nitrogens with one attached hydrogen (secondary N) is 1. The van der Waals surface area contributed by atoms with Crippen LogP contribution in [-0.4, -0.2) is 11.0 Å². The first-order valence-electron chi connectivity index (χ1n) is 5.14. The molecule has 78 valence electrons. The lowest BCUT2D eigenvalue weighted by Crippen LogP contribution is -2.34. The van der Waals surface area contributed by atoms with Gasteiger partial charge in [0.15, 0.2) is 0 Å². The van der Waals surface area contributed by atoms with Crippen molar-refractivity contribution in [3.63, 3.8) is 0 Å². The molecule has 1 unspecified atom stereocenters. The molecule has 0 spiro atoms. The second-order valence-corrected chi connectivity index (χ2v) is 5.48.